The SMILES string of the molecule is [2H]c1c([2H])c(N(c2ccc(-c3ccc4ccccc4c3)cc2)c2ccccc2-c2ccc3oc4c5ccccc5ccc4c3c2)c([2H])c([2H])c1-c1cccc2ccccc12. The summed E-state index contributed by atoms with van der Waals surface area (Å²) in [5.74, 6) is 0. The van der Waals surface area contributed by atoms with Crippen LogP contribution >= 0.6 is 0 Å². The van der Waals surface area contributed by atoms with Crippen LogP contribution in [-0.4, -0.2) is 0 Å². The highest BCUT2D eigenvalue weighted by molar-refractivity contribution is 6.15. The van der Waals surface area contributed by atoms with Crippen molar-refractivity contribution in [1.82, 2.24) is 0 Å². The van der Waals surface area contributed by atoms with E-state index in [0.29, 0.717) is 16.9 Å². The predicted molar refractivity (Wildman–Crippen MR) is 237 cm³/mol. The van der Waals surface area contributed by atoms with Gasteiger partial charge in [-0.25, -0.2) is 0 Å². The summed E-state index contributed by atoms with van der Waals surface area (Å²) >= 11 is 0. The second kappa shape index (κ2) is 13.2. The maximum Gasteiger partial charge on any atom is 0.143 e. The van der Waals surface area contributed by atoms with Crippen LogP contribution in [-0.2, 0) is 0 Å². The van der Waals surface area contributed by atoms with Crippen molar-refractivity contribution in [2.75, 3.05) is 4.90 Å². The first-order chi connectivity index (χ1) is 29.4. The van der Waals surface area contributed by atoms with Crippen LogP contribution in [0.5, 0.6) is 0 Å². The molecule has 0 bridgehead atoms. The number of benzene rings is 10. The van der Waals surface area contributed by atoms with Gasteiger partial charge in [0, 0.05) is 33.1 Å². The molecule has 0 atom stereocenters. The molecule has 0 aliphatic rings. The van der Waals surface area contributed by atoms with E-state index in [4.69, 9.17) is 4.42 Å². The Bertz CT molecular complexity index is 3460. The molecule has 56 heavy (non-hydrogen) atoms. The zero-order valence-electron chi connectivity index (χ0n) is 34.3. The summed E-state index contributed by atoms with van der Waals surface area (Å²) in [6.07, 6.45) is 0. The van der Waals surface area contributed by atoms with E-state index >= 15 is 0 Å². The molecule has 0 N–H and O–H groups in total. The monoisotopic (exact) mass is 717 g/mol. The van der Waals surface area contributed by atoms with Crippen LogP contribution < -0.4 is 4.90 Å². The van der Waals surface area contributed by atoms with Crippen molar-refractivity contribution < 1.29 is 9.90 Å². The number of nitrogens with zero attached hydrogens (tertiary/aromatic N) is 1. The van der Waals surface area contributed by atoms with E-state index in [2.05, 4.69) is 72.8 Å². The summed E-state index contributed by atoms with van der Waals surface area (Å²) in [7, 11) is 0. The Labute approximate surface area is 330 Å². The van der Waals surface area contributed by atoms with Crippen molar-refractivity contribution >= 4 is 71.3 Å². The van der Waals surface area contributed by atoms with Gasteiger partial charge in [-0.15, -0.1) is 0 Å². The van der Waals surface area contributed by atoms with Gasteiger partial charge in [-0.3, -0.25) is 0 Å². The van der Waals surface area contributed by atoms with Gasteiger partial charge in [0.1, 0.15) is 11.2 Å². The average Bonchev–Trinajstić information content (AvgIpc) is 3.68. The molecule has 0 saturated carbocycles. The largest absolute Gasteiger partial charge is 0.455 e. The molecule has 0 amide bonds. The van der Waals surface area contributed by atoms with Crippen molar-refractivity contribution in [3.8, 4) is 33.4 Å². The van der Waals surface area contributed by atoms with Crippen LogP contribution in [0.4, 0.5) is 17.1 Å². The normalized spacial score (nSPS) is 12.6. The van der Waals surface area contributed by atoms with Gasteiger partial charge in [0.05, 0.1) is 11.2 Å². The minimum atomic E-state index is -0.129. The van der Waals surface area contributed by atoms with Gasteiger partial charge in [0.25, 0.3) is 0 Å². The molecule has 0 saturated heterocycles. The van der Waals surface area contributed by atoms with Crippen molar-refractivity contribution in [2.45, 2.75) is 0 Å². The Balaban J connectivity index is 1.12. The minimum Gasteiger partial charge on any atom is -0.455 e. The summed E-state index contributed by atoms with van der Waals surface area (Å²) < 4.78 is 44.9. The molecule has 10 aromatic carbocycles. The molecule has 1 aromatic heterocycles. The molecular formula is C54H35NO. The lowest BCUT2D eigenvalue weighted by Crippen LogP contribution is -2.11. The molecule has 0 unspecified atom stereocenters. The number of furan rings is 1. The molecule has 262 valence electrons. The number of fused-ring (bicyclic) bond motifs is 7. The Morgan fingerprint density at radius 2 is 0.982 bits per heavy atom. The van der Waals surface area contributed by atoms with Crippen LogP contribution in [0, 0.1) is 0 Å². The minimum absolute atomic E-state index is 0.101. The Morgan fingerprint density at radius 3 is 1.82 bits per heavy atom. The molecule has 2 nitrogen and oxygen atoms in total. The first kappa shape index (κ1) is 28.1. The van der Waals surface area contributed by atoms with E-state index in [1.807, 2.05) is 120 Å². The smallest absolute Gasteiger partial charge is 0.143 e. The zero-order chi connectivity index (χ0) is 40.5. The van der Waals surface area contributed by atoms with Gasteiger partial charge in [-0.1, -0.05) is 158 Å². The third-order valence-corrected chi connectivity index (χ3v) is 10.9. The predicted octanol–water partition coefficient (Wildman–Crippen LogP) is 15.5. The first-order valence-corrected chi connectivity index (χ1v) is 18.8. The van der Waals surface area contributed by atoms with E-state index in [1.165, 1.54) is 5.39 Å². The topological polar surface area (TPSA) is 16.4 Å². The second-order valence-corrected chi connectivity index (χ2v) is 14.2. The van der Waals surface area contributed by atoms with Crippen molar-refractivity contribution in [3.05, 3.63) is 212 Å². The third kappa shape index (κ3) is 5.42. The lowest BCUT2D eigenvalue weighted by molar-refractivity contribution is 0.672. The highest BCUT2D eigenvalue weighted by Gasteiger charge is 2.19. The molecular weight excluding hydrogens is 679 g/mol. The zero-order valence-corrected chi connectivity index (χ0v) is 30.3. The first-order valence-electron chi connectivity index (χ1n) is 20.8. The van der Waals surface area contributed by atoms with Gasteiger partial charge < -0.3 is 9.32 Å². The molecule has 2 heteroatoms. The van der Waals surface area contributed by atoms with E-state index in [9.17, 15) is 5.48 Å². The summed E-state index contributed by atoms with van der Waals surface area (Å²) in [4.78, 5) is 1.89. The average molecular weight is 718 g/mol. The van der Waals surface area contributed by atoms with Gasteiger partial charge in [-0.2, -0.15) is 0 Å². The van der Waals surface area contributed by atoms with Crippen LogP contribution in [0.25, 0.3) is 87.6 Å². The van der Waals surface area contributed by atoms with E-state index < -0.39 is 0 Å². The van der Waals surface area contributed by atoms with E-state index in [1.54, 1.807) is 0 Å². The lowest BCUT2D eigenvalue weighted by Gasteiger charge is -2.28. The number of hydrogen-bond acceptors (Lipinski definition) is 2. The molecule has 0 aliphatic carbocycles. The molecule has 0 spiro atoms. The van der Waals surface area contributed by atoms with Gasteiger partial charge >= 0.3 is 0 Å². The van der Waals surface area contributed by atoms with Crippen molar-refractivity contribution in [2.24, 2.45) is 0 Å². The molecule has 0 radical (unpaired) electrons. The number of para-hydroxylation sites is 1. The maximum atomic E-state index is 9.69. The van der Waals surface area contributed by atoms with Gasteiger partial charge in [0.2, 0.25) is 0 Å². The number of rotatable bonds is 6. The molecule has 0 fully saturated rings. The van der Waals surface area contributed by atoms with E-state index in [-0.39, 0.29) is 35.4 Å². The molecule has 1 heterocycles. The molecule has 11 aromatic rings. The lowest BCUT2D eigenvalue weighted by atomic mass is 9.97. The fourth-order valence-electron chi connectivity index (χ4n) is 8.14. The number of anilines is 3. The maximum absolute atomic E-state index is 9.69. The Hall–Kier alpha value is -7.42. The molecule has 11 rings (SSSR count). The van der Waals surface area contributed by atoms with Crippen LogP contribution in [0.1, 0.15) is 5.48 Å². The van der Waals surface area contributed by atoms with Crippen LogP contribution in [0.2, 0.25) is 0 Å². The second-order valence-electron chi connectivity index (χ2n) is 14.2. The third-order valence-electron chi connectivity index (χ3n) is 10.9. The quantitative estimate of drug-likeness (QED) is 0.170. The Kier molecular flexibility index (Phi) is 6.60. The summed E-state index contributed by atoms with van der Waals surface area (Å²) in [5, 5.41) is 8.34. The highest BCUT2D eigenvalue weighted by atomic mass is 16.3. The summed E-state index contributed by atoms with van der Waals surface area (Å²) in [6.45, 7) is 0. The molecule has 0 aliphatic heterocycles. The standard InChI is InChI=1S/C54H35NO/c1-2-13-41-34-42(21-20-36(41)10-1)37-22-28-44(29-23-37)55(45-30-24-40(25-31-45)47-18-9-14-38-11-3-5-15-46(38)47)52-19-8-7-16-48(52)43-27-33-53-51(35-43)50-32-26-39-12-4-6-17-49(39)54(50)56-53/h1-35H/i24D,25D,30D,31D. The van der Waals surface area contributed by atoms with Gasteiger partial charge in [0.15, 0.2) is 0 Å². The summed E-state index contributed by atoms with van der Waals surface area (Å²) in [6, 6.07) is 62.7. The van der Waals surface area contributed by atoms with Crippen molar-refractivity contribution in [3.63, 3.8) is 0 Å². The highest BCUT2D eigenvalue weighted by Crippen LogP contribution is 2.44. The Morgan fingerprint density at radius 1 is 0.357 bits per heavy atom. The fourth-order valence-corrected chi connectivity index (χ4v) is 8.14. The van der Waals surface area contributed by atoms with Crippen LogP contribution in [0.15, 0.2) is 217 Å². The fraction of sp³-hybridized carbons (Fsp3) is 0. The van der Waals surface area contributed by atoms with Gasteiger partial charge in [-0.05, 0) is 109 Å². The van der Waals surface area contributed by atoms with Crippen molar-refractivity contribution in [1.29, 1.82) is 0 Å². The number of hydrogen-bond donors (Lipinski definition) is 0. The van der Waals surface area contributed by atoms with Crippen LogP contribution in [0.3, 0.4) is 0 Å². The van der Waals surface area contributed by atoms with E-state index in [0.717, 1.165) is 71.1 Å². The summed E-state index contributed by atoms with van der Waals surface area (Å²) in [5.41, 5.74) is 8.03.